The molecular weight excluding hydrogens is 392 g/mol. The maximum Gasteiger partial charge on any atom is 0.116 e. The van der Waals surface area contributed by atoms with Gasteiger partial charge in [0.25, 0.3) is 0 Å². The smallest absolute Gasteiger partial charge is 0.116 e. The van der Waals surface area contributed by atoms with Crippen molar-refractivity contribution in [2.75, 3.05) is 17.1 Å². The molecule has 4 rings (SSSR count). The van der Waals surface area contributed by atoms with E-state index in [4.69, 9.17) is 11.6 Å². The van der Waals surface area contributed by atoms with E-state index in [0.717, 1.165) is 21.8 Å². The van der Waals surface area contributed by atoms with Crippen LogP contribution in [-0.4, -0.2) is 32.8 Å². The minimum Gasteiger partial charge on any atom is -0.389 e. The number of rotatable bonds is 6. The highest BCUT2D eigenvalue weighted by Crippen LogP contribution is 2.30. The predicted molar refractivity (Wildman–Crippen MR) is 118 cm³/mol. The molecule has 4 aromatic rings. The summed E-state index contributed by atoms with van der Waals surface area (Å²) < 4.78 is 16.1. The van der Waals surface area contributed by atoms with Crippen molar-refractivity contribution >= 4 is 50.1 Å². The van der Waals surface area contributed by atoms with E-state index in [9.17, 15) is 9.32 Å². The summed E-state index contributed by atoms with van der Waals surface area (Å²) in [6, 6.07) is 23.6. The maximum atomic E-state index is 12.3. The molecule has 6 heteroatoms. The molecule has 0 aliphatic carbocycles. The summed E-state index contributed by atoms with van der Waals surface area (Å²) in [4.78, 5) is 0. The van der Waals surface area contributed by atoms with E-state index in [1.54, 1.807) is 16.6 Å². The summed E-state index contributed by atoms with van der Waals surface area (Å²) in [6.45, 7) is 0.611. The summed E-state index contributed by atoms with van der Waals surface area (Å²) in [7, 11) is -1.31. The first-order valence-corrected chi connectivity index (χ1v) is 10.9. The minimum absolute atomic E-state index is 0.216. The summed E-state index contributed by atoms with van der Waals surface area (Å²) in [5, 5.41) is 13.7. The highest BCUT2D eigenvalue weighted by Gasteiger charge is 2.20. The van der Waals surface area contributed by atoms with E-state index >= 15 is 0 Å². The quantitative estimate of drug-likeness (QED) is 0.502. The van der Waals surface area contributed by atoms with Gasteiger partial charge in [-0.05, 0) is 24.3 Å². The second-order valence-corrected chi connectivity index (χ2v) is 8.43. The van der Waals surface area contributed by atoms with Crippen molar-refractivity contribution < 1.29 is 9.32 Å². The van der Waals surface area contributed by atoms with Crippen LogP contribution in [0.3, 0.4) is 0 Å². The van der Waals surface area contributed by atoms with Crippen molar-refractivity contribution in [3.8, 4) is 0 Å². The number of benzene rings is 3. The lowest BCUT2D eigenvalue weighted by Gasteiger charge is -2.26. The van der Waals surface area contributed by atoms with Crippen molar-refractivity contribution in [3.05, 3.63) is 77.8 Å². The van der Waals surface area contributed by atoms with Crippen LogP contribution in [0.5, 0.6) is 0 Å². The molecule has 0 spiro atoms. The molecule has 0 saturated carbocycles. The number of para-hydroxylation sites is 3. The molecular formula is C22H21ClN2O2S. The summed E-state index contributed by atoms with van der Waals surface area (Å²) >= 11 is 6.28. The average Bonchev–Trinajstić information content (AvgIpc) is 3.01. The van der Waals surface area contributed by atoms with Gasteiger partial charge in [0.05, 0.1) is 29.9 Å². The summed E-state index contributed by atoms with van der Waals surface area (Å²) in [6.07, 6.45) is 0.871. The summed E-state index contributed by atoms with van der Waals surface area (Å²) in [5.74, 6) is 0. The zero-order chi connectivity index (χ0) is 19.7. The van der Waals surface area contributed by atoms with Gasteiger partial charge < -0.3 is 9.67 Å². The third-order valence-corrected chi connectivity index (χ3v) is 6.17. The number of halogens is 1. The van der Waals surface area contributed by atoms with Crippen LogP contribution in [0.1, 0.15) is 0 Å². The number of aliphatic hydroxyl groups is 1. The monoisotopic (exact) mass is 412 g/mol. The van der Waals surface area contributed by atoms with Gasteiger partial charge in [0, 0.05) is 28.1 Å². The Morgan fingerprint density at radius 3 is 2.07 bits per heavy atom. The fourth-order valence-corrected chi connectivity index (χ4v) is 4.76. The van der Waals surface area contributed by atoms with Crippen molar-refractivity contribution in [1.82, 2.24) is 4.57 Å². The Balaban J connectivity index is 1.67. The first-order valence-electron chi connectivity index (χ1n) is 9.06. The molecule has 0 radical (unpaired) electrons. The Hall–Kier alpha value is -2.34. The molecule has 1 N–H and O–H groups in total. The lowest BCUT2D eigenvalue weighted by atomic mass is 10.2. The van der Waals surface area contributed by atoms with E-state index in [1.807, 2.05) is 42.5 Å². The van der Waals surface area contributed by atoms with Gasteiger partial charge in [0.15, 0.2) is 0 Å². The van der Waals surface area contributed by atoms with E-state index in [1.165, 1.54) is 0 Å². The molecule has 1 aromatic heterocycles. The zero-order valence-corrected chi connectivity index (χ0v) is 17.0. The Bertz CT molecular complexity index is 1100. The fourth-order valence-electron chi connectivity index (χ4n) is 3.66. The first kappa shape index (κ1) is 19.0. The average molecular weight is 413 g/mol. The molecule has 1 heterocycles. The van der Waals surface area contributed by atoms with Gasteiger partial charge in [-0.15, -0.1) is 0 Å². The van der Waals surface area contributed by atoms with Crippen LogP contribution in [0, 0.1) is 0 Å². The molecule has 4 nitrogen and oxygen atoms in total. The first-order chi connectivity index (χ1) is 13.6. The normalized spacial score (nSPS) is 13.7. The molecule has 0 fully saturated rings. The zero-order valence-electron chi connectivity index (χ0n) is 15.5. The highest BCUT2D eigenvalue weighted by atomic mass is 35.5. The number of hydrogen-bond acceptors (Lipinski definition) is 2. The molecule has 2 atom stereocenters. The Morgan fingerprint density at radius 2 is 1.50 bits per heavy atom. The van der Waals surface area contributed by atoms with Gasteiger partial charge >= 0.3 is 0 Å². The number of nitrogens with zero attached hydrogens (tertiary/aromatic N) is 2. The Kier molecular flexibility index (Phi) is 5.40. The molecule has 3 aromatic carbocycles. The van der Waals surface area contributed by atoms with E-state index in [-0.39, 0.29) is 6.54 Å². The molecule has 0 aliphatic rings. The molecule has 2 unspecified atom stereocenters. The number of aliphatic hydroxyl groups excluding tert-OH is 1. The van der Waals surface area contributed by atoms with Crippen molar-refractivity contribution in [3.63, 3.8) is 0 Å². The van der Waals surface area contributed by atoms with Crippen molar-refractivity contribution in [2.24, 2.45) is 0 Å². The minimum atomic E-state index is -1.31. The Labute approximate surface area is 171 Å². The standard InChI is InChI=1S/C22H21ClN2O2S/c1-28(27)25(22-13-7-4-10-19(22)23)15-16(26)14-24-20-11-5-2-8-17(20)18-9-3-6-12-21(18)24/h2-13,16,26H,14-15H2,1H3. The number of aromatic nitrogens is 1. The van der Waals surface area contributed by atoms with Crippen LogP contribution in [0.4, 0.5) is 5.69 Å². The van der Waals surface area contributed by atoms with Gasteiger partial charge in [-0.25, -0.2) is 4.21 Å². The van der Waals surface area contributed by atoms with Crippen LogP contribution < -0.4 is 4.31 Å². The number of hydrogen-bond donors (Lipinski definition) is 1. The lowest BCUT2D eigenvalue weighted by molar-refractivity contribution is 0.166. The predicted octanol–water partition coefficient (Wildman–Crippen LogP) is 4.61. The molecule has 28 heavy (non-hydrogen) atoms. The van der Waals surface area contributed by atoms with Gasteiger partial charge in [0.2, 0.25) is 0 Å². The highest BCUT2D eigenvalue weighted by molar-refractivity contribution is 7.85. The largest absolute Gasteiger partial charge is 0.389 e. The van der Waals surface area contributed by atoms with Gasteiger partial charge in [-0.3, -0.25) is 4.31 Å². The Morgan fingerprint density at radius 1 is 0.964 bits per heavy atom. The van der Waals surface area contributed by atoms with E-state index < -0.39 is 17.1 Å². The lowest BCUT2D eigenvalue weighted by Crippen LogP contribution is -2.35. The van der Waals surface area contributed by atoms with Gasteiger partial charge in [-0.2, -0.15) is 0 Å². The van der Waals surface area contributed by atoms with Crippen LogP contribution in [-0.2, 0) is 17.5 Å². The topological polar surface area (TPSA) is 45.5 Å². The second-order valence-electron chi connectivity index (χ2n) is 6.73. The van der Waals surface area contributed by atoms with Gasteiger partial charge in [0.1, 0.15) is 11.0 Å². The maximum absolute atomic E-state index is 12.3. The second kappa shape index (κ2) is 7.95. The summed E-state index contributed by atoms with van der Waals surface area (Å²) in [5.41, 5.74) is 2.81. The van der Waals surface area contributed by atoms with Crippen LogP contribution >= 0.6 is 11.6 Å². The molecule has 144 valence electrons. The molecule has 0 aliphatic heterocycles. The van der Waals surface area contributed by atoms with E-state index in [0.29, 0.717) is 17.3 Å². The third-order valence-electron chi connectivity index (χ3n) is 4.88. The number of anilines is 1. The fraction of sp³-hybridized carbons (Fsp3) is 0.182. The third kappa shape index (κ3) is 3.53. The molecule has 0 bridgehead atoms. The van der Waals surface area contributed by atoms with Gasteiger partial charge in [-0.1, -0.05) is 60.1 Å². The van der Waals surface area contributed by atoms with Crippen molar-refractivity contribution in [1.29, 1.82) is 0 Å². The number of fused-ring (bicyclic) bond motifs is 3. The SMILES string of the molecule is CS(=O)N(CC(O)Cn1c2ccccc2c2ccccc21)c1ccccc1Cl. The van der Waals surface area contributed by atoms with Crippen LogP contribution in [0.15, 0.2) is 72.8 Å². The van der Waals surface area contributed by atoms with Crippen LogP contribution in [0.25, 0.3) is 21.8 Å². The van der Waals surface area contributed by atoms with E-state index in [2.05, 4.69) is 28.8 Å². The van der Waals surface area contributed by atoms with Crippen LogP contribution in [0.2, 0.25) is 5.02 Å². The molecule has 0 saturated heterocycles. The van der Waals surface area contributed by atoms with Crippen molar-refractivity contribution in [2.45, 2.75) is 12.6 Å². The molecule has 0 amide bonds.